The van der Waals surface area contributed by atoms with Crippen LogP contribution in [0.4, 0.5) is 0 Å². The lowest BCUT2D eigenvalue weighted by Gasteiger charge is -1.68. The quantitative estimate of drug-likeness (QED) is 0.350. The van der Waals surface area contributed by atoms with Gasteiger partial charge in [-0.15, -0.1) is 5.98 Å². The molecule has 1 N–H and O–H groups in total. The topological polar surface area (TPSA) is 37.3 Å². The molecule has 0 aromatic carbocycles. The van der Waals surface area contributed by atoms with Crippen LogP contribution in [0.5, 0.6) is 0 Å². The van der Waals surface area contributed by atoms with Crippen molar-refractivity contribution in [3.8, 4) is 0 Å². The van der Waals surface area contributed by atoms with Crippen LogP contribution in [0.1, 0.15) is 0 Å². The zero-order valence-electron chi connectivity index (χ0n) is 3.09. The number of carboxylic acids is 1. The molecule has 30 valence electrons. The van der Waals surface area contributed by atoms with Gasteiger partial charge in [0, 0.05) is 6.08 Å². The van der Waals surface area contributed by atoms with Gasteiger partial charge in [-0.25, -0.2) is 4.79 Å². The lowest BCUT2D eigenvalue weighted by atomic mass is 10.1. The van der Waals surface area contributed by atoms with E-state index in [1.54, 1.807) is 0 Å². The summed E-state index contributed by atoms with van der Waals surface area (Å²) in [5.41, 5.74) is 0. The lowest BCUT2D eigenvalue weighted by molar-refractivity contribution is -0.131. The Morgan fingerprint density at radius 3 is 2.33 bits per heavy atom. The second-order valence-electron chi connectivity index (χ2n) is 0.697. The molecule has 0 heterocycles. The highest BCUT2D eigenvalue weighted by Crippen LogP contribution is 1.61. The zero-order chi connectivity index (χ0) is 4.99. The molecule has 0 bridgehead atoms. The Morgan fingerprint density at radius 1 is 1.83 bits per heavy atom. The molecule has 0 unspecified atom stereocenters. The van der Waals surface area contributed by atoms with Gasteiger partial charge in [0.1, 0.15) is 7.85 Å². The lowest BCUT2D eigenvalue weighted by Crippen LogP contribution is -1.84. The minimum atomic E-state index is -1.02. The van der Waals surface area contributed by atoms with Gasteiger partial charge >= 0.3 is 5.97 Å². The van der Waals surface area contributed by atoms with Gasteiger partial charge < -0.3 is 5.11 Å². The van der Waals surface area contributed by atoms with Crippen LogP contribution in [0, 0.1) is 0 Å². The predicted molar refractivity (Wildman–Crippen MR) is 22.5 cm³/mol. The number of hydrogen-bond acceptors (Lipinski definition) is 1. The first-order chi connectivity index (χ1) is 2.77. The average Bonchev–Trinajstić information content (AvgIpc) is 1.35. The Hall–Kier alpha value is -0.725. The van der Waals surface area contributed by atoms with E-state index in [-0.39, 0.29) is 0 Å². The highest BCUT2D eigenvalue weighted by Gasteiger charge is 1.76. The highest BCUT2D eigenvalue weighted by atomic mass is 16.4. The fourth-order valence-corrected chi connectivity index (χ4v) is 0.0823. The van der Waals surface area contributed by atoms with Crippen LogP contribution in [0.3, 0.4) is 0 Å². The van der Waals surface area contributed by atoms with E-state index in [4.69, 9.17) is 5.11 Å². The third kappa shape index (κ3) is 3.27. The summed E-state index contributed by atoms with van der Waals surface area (Å²) in [6.07, 6.45) is 0.861. The van der Waals surface area contributed by atoms with Crippen LogP contribution in [-0.2, 0) is 4.79 Å². The molecule has 0 aromatic rings. The summed E-state index contributed by atoms with van der Waals surface area (Å²) in [6, 6.07) is 0. The summed E-state index contributed by atoms with van der Waals surface area (Å²) in [7, 11) is 4.67. The minimum Gasteiger partial charge on any atom is -0.478 e. The van der Waals surface area contributed by atoms with Crippen molar-refractivity contribution in [2.24, 2.45) is 0 Å². The number of aliphatic carboxylic acids is 1. The molecule has 0 aliphatic heterocycles. The molecule has 0 aromatic heterocycles. The highest BCUT2D eigenvalue weighted by molar-refractivity contribution is 6.18. The van der Waals surface area contributed by atoms with Crippen LogP contribution in [0.2, 0.25) is 0 Å². The monoisotopic (exact) mass is 82.0 g/mol. The fraction of sp³-hybridized carbons (Fsp3) is 0. The van der Waals surface area contributed by atoms with E-state index in [1.807, 2.05) is 0 Å². The third-order valence-corrected chi connectivity index (χ3v) is 0.239. The van der Waals surface area contributed by atoms with Gasteiger partial charge in [-0.05, 0) is 0 Å². The van der Waals surface area contributed by atoms with E-state index in [0.29, 0.717) is 0 Å². The third-order valence-electron chi connectivity index (χ3n) is 0.239. The van der Waals surface area contributed by atoms with Crippen molar-refractivity contribution >= 4 is 13.8 Å². The van der Waals surface area contributed by atoms with Crippen molar-refractivity contribution in [3.05, 3.63) is 12.1 Å². The van der Waals surface area contributed by atoms with Crippen LogP contribution < -0.4 is 0 Å². The molecule has 3 heteroatoms. The molecule has 0 atom stereocenters. The number of carboxylic acid groups (broad SMARTS) is 1. The van der Waals surface area contributed by atoms with Gasteiger partial charge in [0.2, 0.25) is 0 Å². The molecule has 0 spiro atoms. The zero-order valence-corrected chi connectivity index (χ0v) is 3.09. The van der Waals surface area contributed by atoms with Crippen molar-refractivity contribution in [2.75, 3.05) is 0 Å². The van der Waals surface area contributed by atoms with Gasteiger partial charge in [0.25, 0.3) is 0 Å². The Bertz CT molecular complexity index is 76.9. The van der Waals surface area contributed by atoms with Gasteiger partial charge in [0.15, 0.2) is 0 Å². The molecule has 0 amide bonds. The van der Waals surface area contributed by atoms with Crippen molar-refractivity contribution in [2.45, 2.75) is 0 Å². The molecule has 0 fully saturated rings. The Balaban J connectivity index is 3.30. The summed E-state index contributed by atoms with van der Waals surface area (Å²) in [5.74, 6) is -0.0417. The smallest absolute Gasteiger partial charge is 0.327 e. The maximum absolute atomic E-state index is 9.43. The van der Waals surface area contributed by atoms with Crippen LogP contribution >= 0.6 is 0 Å². The molecule has 0 aliphatic rings. The SMILES string of the molecule is [B]/C=C\C(=O)O. The van der Waals surface area contributed by atoms with Gasteiger partial charge in [-0.1, -0.05) is 0 Å². The number of hydrogen-bond donors (Lipinski definition) is 1. The van der Waals surface area contributed by atoms with Crippen molar-refractivity contribution in [1.29, 1.82) is 0 Å². The molecule has 0 aliphatic carbocycles. The molecule has 0 saturated heterocycles. The van der Waals surface area contributed by atoms with Gasteiger partial charge in [0.05, 0.1) is 0 Å². The van der Waals surface area contributed by atoms with Crippen molar-refractivity contribution in [1.82, 2.24) is 0 Å². The molecule has 6 heavy (non-hydrogen) atoms. The molecular weight excluding hydrogens is 78.8 g/mol. The maximum Gasteiger partial charge on any atom is 0.327 e. The fourth-order valence-electron chi connectivity index (χ4n) is 0.0823. The standard InChI is InChI=1S/C3H3BO2/c4-2-1-3(5)6/h1-2H,(H,5,6)/b2-1-. The van der Waals surface area contributed by atoms with Crippen LogP contribution in [0.25, 0.3) is 0 Å². The van der Waals surface area contributed by atoms with Crippen LogP contribution in [-0.4, -0.2) is 18.9 Å². The summed E-state index contributed by atoms with van der Waals surface area (Å²) >= 11 is 0. The molecule has 0 saturated carbocycles. The Labute approximate surface area is 36.9 Å². The summed E-state index contributed by atoms with van der Waals surface area (Å²) in [4.78, 5) is 9.43. The molecule has 2 radical (unpaired) electrons. The van der Waals surface area contributed by atoms with E-state index in [1.165, 1.54) is 0 Å². The number of rotatable bonds is 1. The Kier molecular flexibility index (Phi) is 2.21. The summed E-state index contributed by atoms with van der Waals surface area (Å²) in [5, 5.41) is 7.75. The molecule has 0 rings (SSSR count). The van der Waals surface area contributed by atoms with Crippen molar-refractivity contribution in [3.63, 3.8) is 0 Å². The normalized spacial score (nSPS) is 9.33. The van der Waals surface area contributed by atoms with E-state index in [2.05, 4.69) is 7.85 Å². The van der Waals surface area contributed by atoms with E-state index in [0.717, 1.165) is 12.1 Å². The molecule has 2 nitrogen and oxygen atoms in total. The summed E-state index contributed by atoms with van der Waals surface area (Å²) < 4.78 is 0. The maximum atomic E-state index is 9.43. The van der Waals surface area contributed by atoms with Gasteiger partial charge in [-0.3, -0.25) is 0 Å². The first kappa shape index (κ1) is 5.27. The number of carbonyl (C=O) groups is 1. The van der Waals surface area contributed by atoms with Crippen LogP contribution in [0.15, 0.2) is 12.1 Å². The van der Waals surface area contributed by atoms with E-state index < -0.39 is 5.97 Å². The largest absolute Gasteiger partial charge is 0.478 e. The minimum absolute atomic E-state index is 0.861. The second-order valence-corrected chi connectivity index (χ2v) is 0.697. The predicted octanol–water partition coefficient (Wildman–Crippen LogP) is -0.247. The second kappa shape index (κ2) is 2.51. The Morgan fingerprint density at radius 2 is 2.33 bits per heavy atom. The first-order valence-corrected chi connectivity index (χ1v) is 1.38. The summed E-state index contributed by atoms with van der Waals surface area (Å²) in [6.45, 7) is 0. The average molecular weight is 81.9 g/mol. The molecular formula is C3H3BO2. The van der Waals surface area contributed by atoms with Gasteiger partial charge in [-0.2, -0.15) is 0 Å². The van der Waals surface area contributed by atoms with Crippen molar-refractivity contribution < 1.29 is 9.90 Å². The van der Waals surface area contributed by atoms with E-state index in [9.17, 15) is 4.79 Å². The first-order valence-electron chi connectivity index (χ1n) is 1.38. The van der Waals surface area contributed by atoms with E-state index >= 15 is 0 Å².